The van der Waals surface area contributed by atoms with Gasteiger partial charge in [-0.25, -0.2) is 0 Å². The van der Waals surface area contributed by atoms with Crippen molar-refractivity contribution in [3.05, 3.63) is 0 Å². The minimum Gasteiger partial charge on any atom is -0.354 e. The summed E-state index contributed by atoms with van der Waals surface area (Å²) < 4.78 is 0. The summed E-state index contributed by atoms with van der Waals surface area (Å²) in [6.07, 6.45) is 2.59. The first kappa shape index (κ1) is 6.59. The van der Waals surface area contributed by atoms with Gasteiger partial charge in [-0.1, -0.05) is 0 Å². The van der Waals surface area contributed by atoms with Crippen LogP contribution >= 0.6 is 0 Å². The summed E-state index contributed by atoms with van der Waals surface area (Å²) in [4.78, 5) is 10.5. The second-order valence-electron chi connectivity index (χ2n) is 2.83. The molecule has 0 bridgehead atoms. The lowest BCUT2D eigenvalue weighted by Gasteiger charge is -2.09. The first-order chi connectivity index (χ1) is 4.20. The minimum absolute atomic E-state index is 0.0920. The van der Waals surface area contributed by atoms with Crippen LogP contribution in [0.5, 0.6) is 0 Å². The van der Waals surface area contributed by atoms with E-state index in [1.54, 1.807) is 6.92 Å². The third-order valence-corrected chi connectivity index (χ3v) is 1.76. The van der Waals surface area contributed by atoms with E-state index >= 15 is 0 Å². The fraction of sp³-hybridized carbons (Fsp3) is 0.857. The highest BCUT2D eigenvalue weighted by molar-refractivity contribution is 5.73. The van der Waals surface area contributed by atoms with Gasteiger partial charge < -0.3 is 5.32 Å². The Hall–Kier alpha value is -0.530. The summed E-state index contributed by atoms with van der Waals surface area (Å²) >= 11 is 0. The molecule has 0 aromatic rings. The molecule has 0 unspecified atom stereocenters. The molecule has 0 aromatic carbocycles. The number of carbonyl (C=O) groups is 1. The second kappa shape index (κ2) is 2.38. The zero-order valence-electron chi connectivity index (χ0n) is 5.98. The molecule has 1 rings (SSSR count). The van der Waals surface area contributed by atoms with E-state index in [1.807, 2.05) is 0 Å². The van der Waals surface area contributed by atoms with Crippen molar-refractivity contribution in [2.45, 2.75) is 32.7 Å². The molecule has 1 aliphatic rings. The van der Waals surface area contributed by atoms with Gasteiger partial charge in [0.15, 0.2) is 0 Å². The molecule has 1 fully saturated rings. The van der Waals surface area contributed by atoms with Crippen LogP contribution in [-0.2, 0) is 4.79 Å². The summed E-state index contributed by atoms with van der Waals surface area (Å²) in [5.41, 5.74) is 0. The average molecular weight is 127 g/mol. The first-order valence-electron chi connectivity index (χ1n) is 3.47. The Labute approximate surface area is 55.6 Å². The van der Waals surface area contributed by atoms with Crippen molar-refractivity contribution in [1.29, 1.82) is 0 Å². The van der Waals surface area contributed by atoms with Gasteiger partial charge in [0.2, 0.25) is 5.91 Å². The summed E-state index contributed by atoms with van der Waals surface area (Å²) in [7, 11) is 0. The highest BCUT2D eigenvalue weighted by atomic mass is 16.1. The maximum absolute atomic E-state index is 10.5. The van der Waals surface area contributed by atoms with Gasteiger partial charge in [-0.05, 0) is 25.7 Å². The quantitative estimate of drug-likeness (QED) is 0.587. The highest BCUT2D eigenvalue weighted by Gasteiger charge is 2.27. The van der Waals surface area contributed by atoms with Gasteiger partial charge in [-0.3, -0.25) is 4.79 Å². The van der Waals surface area contributed by atoms with E-state index in [2.05, 4.69) is 12.2 Å². The fourth-order valence-electron chi connectivity index (χ4n) is 1.03. The van der Waals surface area contributed by atoms with Crippen molar-refractivity contribution in [3.63, 3.8) is 0 Å². The van der Waals surface area contributed by atoms with Crippen LogP contribution in [0.25, 0.3) is 0 Å². The van der Waals surface area contributed by atoms with Crippen LogP contribution in [0.15, 0.2) is 0 Å². The van der Waals surface area contributed by atoms with E-state index in [1.165, 1.54) is 12.8 Å². The third-order valence-electron chi connectivity index (χ3n) is 1.76. The molecule has 0 radical (unpaired) electrons. The number of amides is 1. The smallest absolute Gasteiger partial charge is 0.217 e. The normalized spacial score (nSPS) is 21.1. The molecule has 0 heterocycles. The minimum atomic E-state index is 0.0920. The topological polar surface area (TPSA) is 29.1 Å². The molecule has 0 aromatic heterocycles. The van der Waals surface area contributed by atoms with E-state index in [9.17, 15) is 4.79 Å². The lowest BCUT2D eigenvalue weighted by Crippen LogP contribution is -2.31. The van der Waals surface area contributed by atoms with Gasteiger partial charge >= 0.3 is 0 Å². The molecule has 2 nitrogen and oxygen atoms in total. The molecule has 1 amide bonds. The monoisotopic (exact) mass is 127 g/mol. The number of nitrogens with one attached hydrogen (secondary N) is 1. The standard InChI is InChI=1S/C7H13NO/c1-5(7-3-4-7)8-6(2)9/h5,7H,3-4H2,1-2H3,(H,8,9)/t5-/m1/s1. The molecule has 1 aliphatic carbocycles. The van der Waals surface area contributed by atoms with E-state index in [0.29, 0.717) is 6.04 Å². The van der Waals surface area contributed by atoms with Gasteiger partial charge in [0.25, 0.3) is 0 Å². The van der Waals surface area contributed by atoms with Crippen LogP contribution in [0, 0.1) is 5.92 Å². The molecule has 1 N–H and O–H groups in total. The van der Waals surface area contributed by atoms with Crippen LogP contribution in [0.3, 0.4) is 0 Å². The second-order valence-corrected chi connectivity index (χ2v) is 2.83. The zero-order valence-corrected chi connectivity index (χ0v) is 5.98. The Morgan fingerprint density at radius 3 is 2.56 bits per heavy atom. The molecule has 2 heteroatoms. The lowest BCUT2D eigenvalue weighted by atomic mass is 10.2. The Morgan fingerprint density at radius 2 is 2.22 bits per heavy atom. The van der Waals surface area contributed by atoms with Crippen molar-refractivity contribution >= 4 is 5.91 Å². The molecular formula is C7H13NO. The van der Waals surface area contributed by atoms with Gasteiger partial charge in [0, 0.05) is 13.0 Å². The first-order valence-corrected chi connectivity index (χ1v) is 3.47. The van der Waals surface area contributed by atoms with E-state index in [4.69, 9.17) is 0 Å². The fourth-order valence-corrected chi connectivity index (χ4v) is 1.03. The van der Waals surface area contributed by atoms with Gasteiger partial charge in [0.05, 0.1) is 0 Å². The number of hydrogen-bond acceptors (Lipinski definition) is 1. The van der Waals surface area contributed by atoms with Crippen molar-refractivity contribution < 1.29 is 4.79 Å². The Balaban J connectivity index is 2.17. The van der Waals surface area contributed by atoms with Crippen molar-refractivity contribution in [2.24, 2.45) is 5.92 Å². The summed E-state index contributed by atoms with van der Waals surface area (Å²) in [5, 5.41) is 2.87. The predicted octanol–water partition coefficient (Wildman–Crippen LogP) is 0.921. The maximum Gasteiger partial charge on any atom is 0.217 e. The Bertz CT molecular complexity index is 118. The summed E-state index contributed by atoms with van der Waals surface area (Å²) in [6, 6.07) is 0.405. The molecule has 52 valence electrons. The van der Waals surface area contributed by atoms with E-state index in [-0.39, 0.29) is 5.91 Å². The van der Waals surface area contributed by atoms with Gasteiger partial charge in [-0.15, -0.1) is 0 Å². The average Bonchev–Trinajstić information content (AvgIpc) is 2.40. The van der Waals surface area contributed by atoms with Gasteiger partial charge in [0.1, 0.15) is 0 Å². The van der Waals surface area contributed by atoms with Crippen LogP contribution in [0.1, 0.15) is 26.7 Å². The molecule has 9 heavy (non-hydrogen) atoms. The Morgan fingerprint density at radius 1 is 1.67 bits per heavy atom. The molecule has 1 atom stereocenters. The van der Waals surface area contributed by atoms with Crippen LogP contribution < -0.4 is 5.32 Å². The predicted molar refractivity (Wildman–Crippen MR) is 36.0 cm³/mol. The third kappa shape index (κ3) is 2.04. The molecular weight excluding hydrogens is 114 g/mol. The SMILES string of the molecule is CC(=O)N[C@H](C)C1CC1. The summed E-state index contributed by atoms with van der Waals surface area (Å²) in [6.45, 7) is 3.64. The molecule has 1 saturated carbocycles. The van der Waals surface area contributed by atoms with Crippen molar-refractivity contribution in [2.75, 3.05) is 0 Å². The largest absolute Gasteiger partial charge is 0.354 e. The molecule has 0 aliphatic heterocycles. The Kier molecular flexibility index (Phi) is 1.74. The van der Waals surface area contributed by atoms with Crippen LogP contribution in [-0.4, -0.2) is 11.9 Å². The molecule has 0 spiro atoms. The van der Waals surface area contributed by atoms with Gasteiger partial charge in [-0.2, -0.15) is 0 Å². The van der Waals surface area contributed by atoms with E-state index in [0.717, 1.165) is 5.92 Å². The molecule has 0 saturated heterocycles. The van der Waals surface area contributed by atoms with Crippen LogP contribution in [0.2, 0.25) is 0 Å². The number of hydrogen-bond donors (Lipinski definition) is 1. The highest BCUT2D eigenvalue weighted by Crippen LogP contribution is 2.32. The van der Waals surface area contributed by atoms with Crippen molar-refractivity contribution in [3.8, 4) is 0 Å². The summed E-state index contributed by atoms with van der Waals surface area (Å²) in [5.74, 6) is 0.864. The van der Waals surface area contributed by atoms with E-state index < -0.39 is 0 Å². The maximum atomic E-state index is 10.5. The van der Waals surface area contributed by atoms with Crippen molar-refractivity contribution in [1.82, 2.24) is 5.32 Å². The lowest BCUT2D eigenvalue weighted by molar-refractivity contribution is -0.119. The zero-order chi connectivity index (χ0) is 6.85. The van der Waals surface area contributed by atoms with Crippen LogP contribution in [0.4, 0.5) is 0 Å². The number of carbonyl (C=O) groups excluding carboxylic acids is 1. The number of rotatable bonds is 2.